The second-order valence-corrected chi connectivity index (χ2v) is 4.26. The van der Waals surface area contributed by atoms with Gasteiger partial charge in [0.25, 0.3) is 0 Å². The molecule has 1 heterocycles. The van der Waals surface area contributed by atoms with E-state index in [1.165, 1.54) is 25.7 Å². The number of nitrogens with one attached hydrogen (secondary N) is 1. The summed E-state index contributed by atoms with van der Waals surface area (Å²) in [6.07, 6.45) is 10.6. The highest BCUT2D eigenvalue weighted by molar-refractivity contribution is 5.45. The van der Waals surface area contributed by atoms with Crippen molar-refractivity contribution in [1.29, 1.82) is 0 Å². The average Bonchev–Trinajstić information content (AvgIpc) is 2.33. The third kappa shape index (κ3) is 3.26. The van der Waals surface area contributed by atoms with E-state index in [4.69, 9.17) is 5.73 Å². The van der Waals surface area contributed by atoms with E-state index < -0.39 is 0 Å². The maximum Gasteiger partial charge on any atom is 0.123 e. The summed E-state index contributed by atoms with van der Waals surface area (Å²) in [5, 5.41) is 3.36. The number of nitrogen functional groups attached to an aromatic ring is 1. The Morgan fingerprint density at radius 1 is 1.31 bits per heavy atom. The molecule has 3 N–H and O–H groups in total. The lowest BCUT2D eigenvalue weighted by Gasteiger charge is -2.13. The van der Waals surface area contributed by atoms with Gasteiger partial charge in [-0.15, -0.1) is 0 Å². The van der Waals surface area contributed by atoms with Gasteiger partial charge in [-0.3, -0.25) is 0 Å². The van der Waals surface area contributed by atoms with Gasteiger partial charge in [-0.25, -0.2) is 4.98 Å². The van der Waals surface area contributed by atoms with Crippen LogP contribution in [0.1, 0.15) is 32.1 Å². The number of hydrogen-bond acceptors (Lipinski definition) is 3. The van der Waals surface area contributed by atoms with Crippen LogP contribution >= 0.6 is 0 Å². The predicted molar refractivity (Wildman–Crippen MR) is 68.3 cm³/mol. The molecule has 0 unspecified atom stereocenters. The Kier molecular flexibility index (Phi) is 3.81. The fourth-order valence-electron chi connectivity index (χ4n) is 2.01. The predicted octanol–water partition coefficient (Wildman–Crippen LogP) is 2.97. The van der Waals surface area contributed by atoms with Crippen LogP contribution in [0, 0.1) is 0 Å². The van der Waals surface area contributed by atoms with Crippen molar-refractivity contribution in [3.05, 3.63) is 30.0 Å². The molecular weight excluding hydrogens is 198 g/mol. The molecule has 3 nitrogen and oxygen atoms in total. The van der Waals surface area contributed by atoms with Crippen LogP contribution in [0.5, 0.6) is 0 Å². The molecule has 0 saturated carbocycles. The minimum Gasteiger partial charge on any atom is -0.384 e. The third-order valence-corrected chi connectivity index (χ3v) is 2.95. The van der Waals surface area contributed by atoms with E-state index in [9.17, 15) is 0 Å². The fraction of sp³-hybridized carbons (Fsp3) is 0.462. The highest BCUT2D eigenvalue weighted by Crippen LogP contribution is 2.20. The second kappa shape index (κ2) is 5.54. The first-order chi connectivity index (χ1) is 7.84. The standard InChI is InChI=1S/C13H19N3/c14-13-7-6-12(10-16-13)15-9-8-11-4-2-1-3-5-11/h4,6-7,10,15H,1-3,5,8-9H2,(H2,14,16). The van der Waals surface area contributed by atoms with Crippen LogP contribution in [-0.4, -0.2) is 11.5 Å². The van der Waals surface area contributed by atoms with Crippen LogP contribution in [0.2, 0.25) is 0 Å². The number of nitrogens with zero attached hydrogens (tertiary/aromatic N) is 1. The Hall–Kier alpha value is -1.51. The molecule has 86 valence electrons. The Morgan fingerprint density at radius 2 is 2.25 bits per heavy atom. The van der Waals surface area contributed by atoms with Crippen molar-refractivity contribution in [1.82, 2.24) is 4.98 Å². The van der Waals surface area contributed by atoms with Crippen molar-refractivity contribution >= 4 is 11.5 Å². The van der Waals surface area contributed by atoms with Crippen LogP contribution in [0.4, 0.5) is 11.5 Å². The molecule has 0 atom stereocenters. The van der Waals surface area contributed by atoms with Gasteiger partial charge in [-0.2, -0.15) is 0 Å². The zero-order valence-corrected chi connectivity index (χ0v) is 9.58. The first-order valence-corrected chi connectivity index (χ1v) is 5.98. The monoisotopic (exact) mass is 217 g/mol. The highest BCUT2D eigenvalue weighted by atomic mass is 14.9. The number of allylic oxidation sites excluding steroid dienone is 1. The molecule has 2 rings (SSSR count). The number of nitrogens with two attached hydrogens (primary N) is 1. The lowest BCUT2D eigenvalue weighted by atomic mass is 9.97. The van der Waals surface area contributed by atoms with Crippen molar-refractivity contribution in [2.45, 2.75) is 32.1 Å². The van der Waals surface area contributed by atoms with Gasteiger partial charge in [-0.05, 0) is 44.2 Å². The molecule has 1 aliphatic rings. The maximum atomic E-state index is 5.52. The molecule has 1 aromatic heterocycles. The fourth-order valence-corrected chi connectivity index (χ4v) is 2.01. The maximum absolute atomic E-state index is 5.52. The molecule has 1 aromatic rings. The minimum absolute atomic E-state index is 0.570. The first-order valence-electron chi connectivity index (χ1n) is 5.98. The summed E-state index contributed by atoms with van der Waals surface area (Å²) < 4.78 is 0. The molecule has 16 heavy (non-hydrogen) atoms. The highest BCUT2D eigenvalue weighted by Gasteiger charge is 2.02. The number of anilines is 2. The van der Waals surface area contributed by atoms with Gasteiger partial charge in [-0.1, -0.05) is 11.6 Å². The summed E-state index contributed by atoms with van der Waals surface area (Å²) in [5.41, 5.74) is 8.17. The summed E-state index contributed by atoms with van der Waals surface area (Å²) in [7, 11) is 0. The third-order valence-electron chi connectivity index (χ3n) is 2.95. The zero-order chi connectivity index (χ0) is 11.2. The number of aromatic nitrogens is 1. The van der Waals surface area contributed by atoms with Gasteiger partial charge in [0, 0.05) is 6.54 Å². The van der Waals surface area contributed by atoms with Gasteiger partial charge >= 0.3 is 0 Å². The van der Waals surface area contributed by atoms with Crippen LogP contribution in [-0.2, 0) is 0 Å². The van der Waals surface area contributed by atoms with Crippen molar-refractivity contribution in [2.24, 2.45) is 0 Å². The minimum atomic E-state index is 0.570. The summed E-state index contributed by atoms with van der Waals surface area (Å²) in [6.45, 7) is 0.984. The van der Waals surface area contributed by atoms with Crippen molar-refractivity contribution in [2.75, 3.05) is 17.6 Å². The van der Waals surface area contributed by atoms with E-state index in [0.717, 1.165) is 18.7 Å². The zero-order valence-electron chi connectivity index (χ0n) is 9.58. The van der Waals surface area contributed by atoms with Crippen molar-refractivity contribution < 1.29 is 0 Å². The van der Waals surface area contributed by atoms with E-state index in [0.29, 0.717) is 5.82 Å². The molecule has 1 aliphatic carbocycles. The molecule has 0 bridgehead atoms. The molecule has 0 aromatic carbocycles. The SMILES string of the molecule is Nc1ccc(NCCC2=CCCCC2)cn1. The first kappa shape index (κ1) is 11.0. The Labute approximate surface area is 96.8 Å². The Morgan fingerprint density at radius 3 is 2.94 bits per heavy atom. The smallest absolute Gasteiger partial charge is 0.123 e. The molecule has 3 heteroatoms. The number of pyridine rings is 1. The Bertz CT molecular complexity index is 354. The number of hydrogen-bond donors (Lipinski definition) is 2. The molecule has 0 spiro atoms. The van der Waals surface area contributed by atoms with Crippen LogP contribution in [0.15, 0.2) is 30.0 Å². The van der Waals surface area contributed by atoms with Gasteiger partial charge in [0.15, 0.2) is 0 Å². The quantitative estimate of drug-likeness (QED) is 0.762. The number of rotatable bonds is 4. The lowest BCUT2D eigenvalue weighted by Crippen LogP contribution is -2.04. The molecule has 0 saturated heterocycles. The largest absolute Gasteiger partial charge is 0.384 e. The molecular formula is C13H19N3. The molecule has 0 radical (unpaired) electrons. The second-order valence-electron chi connectivity index (χ2n) is 4.26. The van der Waals surface area contributed by atoms with E-state index in [1.54, 1.807) is 11.8 Å². The van der Waals surface area contributed by atoms with E-state index in [2.05, 4.69) is 16.4 Å². The van der Waals surface area contributed by atoms with Gasteiger partial charge in [0.2, 0.25) is 0 Å². The summed E-state index contributed by atoms with van der Waals surface area (Å²) in [6, 6.07) is 3.79. The van der Waals surface area contributed by atoms with Crippen molar-refractivity contribution in [3.63, 3.8) is 0 Å². The average molecular weight is 217 g/mol. The summed E-state index contributed by atoms with van der Waals surface area (Å²) in [4.78, 5) is 4.05. The topological polar surface area (TPSA) is 50.9 Å². The van der Waals surface area contributed by atoms with E-state index >= 15 is 0 Å². The molecule has 0 aliphatic heterocycles. The van der Waals surface area contributed by atoms with Crippen molar-refractivity contribution in [3.8, 4) is 0 Å². The summed E-state index contributed by atoms with van der Waals surface area (Å²) >= 11 is 0. The van der Waals surface area contributed by atoms with Crippen LogP contribution < -0.4 is 11.1 Å². The normalized spacial score (nSPS) is 15.6. The summed E-state index contributed by atoms with van der Waals surface area (Å²) in [5.74, 6) is 0.570. The van der Waals surface area contributed by atoms with Crippen LogP contribution in [0.25, 0.3) is 0 Å². The van der Waals surface area contributed by atoms with Gasteiger partial charge < -0.3 is 11.1 Å². The molecule has 0 fully saturated rings. The molecule has 0 amide bonds. The van der Waals surface area contributed by atoms with Gasteiger partial charge in [0.05, 0.1) is 11.9 Å². The van der Waals surface area contributed by atoms with E-state index in [-0.39, 0.29) is 0 Å². The van der Waals surface area contributed by atoms with E-state index in [1.807, 2.05) is 12.1 Å². The lowest BCUT2D eigenvalue weighted by molar-refractivity contribution is 0.679. The van der Waals surface area contributed by atoms with Crippen LogP contribution in [0.3, 0.4) is 0 Å². The van der Waals surface area contributed by atoms with Gasteiger partial charge in [0.1, 0.15) is 5.82 Å². The Balaban J connectivity index is 1.75.